The zero-order valence-corrected chi connectivity index (χ0v) is 19.1. The first kappa shape index (κ1) is 22.6. The summed E-state index contributed by atoms with van der Waals surface area (Å²) in [5.41, 5.74) is 1.18. The summed E-state index contributed by atoms with van der Waals surface area (Å²) in [5.74, 6) is 1.01. The van der Waals surface area contributed by atoms with Gasteiger partial charge in [-0.1, -0.05) is 23.4 Å². The summed E-state index contributed by atoms with van der Waals surface area (Å²) >= 11 is 7.18. The van der Waals surface area contributed by atoms with E-state index in [1.807, 2.05) is 22.8 Å². The quantitative estimate of drug-likeness (QED) is 0.374. The van der Waals surface area contributed by atoms with Crippen molar-refractivity contribution in [2.75, 3.05) is 12.9 Å². The molecule has 0 atom stereocenters. The molecule has 33 heavy (non-hydrogen) atoms. The normalized spacial score (nSPS) is 10.7. The molecular formula is C23H19ClN4O4S. The van der Waals surface area contributed by atoms with Crippen molar-refractivity contribution in [3.05, 3.63) is 83.3 Å². The van der Waals surface area contributed by atoms with Crippen molar-refractivity contribution in [3.63, 3.8) is 0 Å². The predicted octanol–water partition coefficient (Wildman–Crippen LogP) is 4.30. The number of nitrogens with zero attached hydrogens (tertiary/aromatic N) is 3. The molecule has 0 saturated heterocycles. The minimum Gasteiger partial charge on any atom is -0.497 e. The lowest BCUT2D eigenvalue weighted by Crippen LogP contribution is -2.31. The second-order valence-electron chi connectivity index (χ2n) is 6.87. The molecule has 2 aromatic carbocycles. The van der Waals surface area contributed by atoms with Crippen LogP contribution in [0.15, 0.2) is 76.5 Å². The fourth-order valence-electron chi connectivity index (χ4n) is 3.02. The third-order valence-corrected chi connectivity index (χ3v) is 5.87. The number of imide groups is 1. The number of benzene rings is 2. The minimum absolute atomic E-state index is 0.0151. The molecule has 168 valence electrons. The number of amides is 2. The van der Waals surface area contributed by atoms with Crippen LogP contribution in [0, 0.1) is 0 Å². The molecule has 0 aliphatic carbocycles. The molecule has 4 rings (SSSR count). The fourth-order valence-corrected chi connectivity index (χ4v) is 3.88. The molecular weight excluding hydrogens is 464 g/mol. The second-order valence-corrected chi connectivity index (χ2v) is 8.25. The van der Waals surface area contributed by atoms with Crippen LogP contribution >= 0.6 is 23.4 Å². The van der Waals surface area contributed by atoms with Crippen LogP contribution < -0.4 is 10.1 Å². The van der Waals surface area contributed by atoms with Gasteiger partial charge in [0.05, 0.1) is 25.7 Å². The summed E-state index contributed by atoms with van der Waals surface area (Å²) in [6, 6.07) is 17.4. The molecule has 4 aromatic rings. The van der Waals surface area contributed by atoms with E-state index in [1.165, 1.54) is 11.8 Å². The lowest BCUT2D eigenvalue weighted by molar-refractivity contribution is -0.117. The topological polar surface area (TPSA) is 99.2 Å². The molecule has 10 heteroatoms. The maximum atomic E-state index is 12.4. The Morgan fingerprint density at radius 2 is 1.85 bits per heavy atom. The zero-order valence-electron chi connectivity index (χ0n) is 17.5. The highest BCUT2D eigenvalue weighted by molar-refractivity contribution is 7.99. The van der Waals surface area contributed by atoms with E-state index >= 15 is 0 Å². The average molecular weight is 483 g/mol. The largest absolute Gasteiger partial charge is 0.497 e. The van der Waals surface area contributed by atoms with E-state index in [-0.39, 0.29) is 5.75 Å². The molecule has 2 amide bonds. The third-order valence-electron chi connectivity index (χ3n) is 4.65. The number of ether oxygens (including phenoxy) is 1. The summed E-state index contributed by atoms with van der Waals surface area (Å²) in [6.45, 7) is 0.382. The number of hydrogen-bond donors (Lipinski definition) is 1. The van der Waals surface area contributed by atoms with Gasteiger partial charge >= 0.3 is 0 Å². The summed E-state index contributed by atoms with van der Waals surface area (Å²) in [5, 5.41) is 12.1. The van der Waals surface area contributed by atoms with E-state index in [9.17, 15) is 9.59 Å². The monoisotopic (exact) mass is 482 g/mol. The van der Waals surface area contributed by atoms with E-state index in [2.05, 4.69) is 15.5 Å². The average Bonchev–Trinajstić information content (AvgIpc) is 3.49. The Labute approximate surface area is 198 Å². The smallest absolute Gasteiger partial charge is 0.257 e. The van der Waals surface area contributed by atoms with Gasteiger partial charge in [0.15, 0.2) is 11.0 Å². The SMILES string of the molecule is COc1ccc(C(=O)NC(=O)CSc2nnc(-c3ccc(Cl)cc3)n2Cc2ccco2)cc1. The molecule has 0 bridgehead atoms. The van der Waals surface area contributed by atoms with E-state index in [0.29, 0.717) is 39.6 Å². The van der Waals surface area contributed by atoms with Gasteiger partial charge in [0.1, 0.15) is 11.5 Å². The van der Waals surface area contributed by atoms with Crippen LogP contribution in [0.4, 0.5) is 0 Å². The van der Waals surface area contributed by atoms with Crippen LogP contribution in [0.3, 0.4) is 0 Å². The van der Waals surface area contributed by atoms with Crippen LogP contribution in [0.5, 0.6) is 5.75 Å². The van der Waals surface area contributed by atoms with E-state index in [4.69, 9.17) is 20.8 Å². The molecule has 8 nitrogen and oxygen atoms in total. The predicted molar refractivity (Wildman–Crippen MR) is 124 cm³/mol. The van der Waals surface area contributed by atoms with Crippen LogP contribution in [-0.2, 0) is 11.3 Å². The van der Waals surface area contributed by atoms with Crippen molar-refractivity contribution in [3.8, 4) is 17.1 Å². The number of thioether (sulfide) groups is 1. The second kappa shape index (κ2) is 10.4. The summed E-state index contributed by atoms with van der Waals surface area (Å²) in [4.78, 5) is 24.7. The maximum Gasteiger partial charge on any atom is 0.257 e. The van der Waals surface area contributed by atoms with E-state index < -0.39 is 11.8 Å². The number of nitrogens with one attached hydrogen (secondary N) is 1. The highest BCUT2D eigenvalue weighted by atomic mass is 35.5. The number of rotatable bonds is 8. The lowest BCUT2D eigenvalue weighted by Gasteiger charge is -2.09. The lowest BCUT2D eigenvalue weighted by atomic mass is 10.2. The van der Waals surface area contributed by atoms with Crippen LogP contribution in [0.2, 0.25) is 5.02 Å². The maximum absolute atomic E-state index is 12.4. The van der Waals surface area contributed by atoms with E-state index in [0.717, 1.165) is 5.56 Å². The van der Waals surface area contributed by atoms with Crippen molar-refractivity contribution in [1.29, 1.82) is 0 Å². The number of hydrogen-bond acceptors (Lipinski definition) is 7. The zero-order chi connectivity index (χ0) is 23.2. The molecule has 0 radical (unpaired) electrons. The first-order chi connectivity index (χ1) is 16.0. The van der Waals surface area contributed by atoms with Gasteiger partial charge in [-0.15, -0.1) is 10.2 Å². The van der Waals surface area contributed by atoms with Gasteiger partial charge < -0.3 is 9.15 Å². The molecule has 0 saturated carbocycles. The Kier molecular flexibility index (Phi) is 7.11. The molecule has 0 fully saturated rings. The summed E-state index contributed by atoms with van der Waals surface area (Å²) < 4.78 is 12.4. The van der Waals surface area contributed by atoms with Crippen molar-refractivity contribution in [2.24, 2.45) is 0 Å². The molecule has 1 N–H and O–H groups in total. The Balaban J connectivity index is 1.47. The first-order valence-corrected chi connectivity index (χ1v) is 11.2. The number of carbonyl (C=O) groups is 2. The van der Waals surface area contributed by atoms with Crippen molar-refractivity contribution in [2.45, 2.75) is 11.7 Å². The molecule has 2 aromatic heterocycles. The molecule has 0 spiro atoms. The third kappa shape index (κ3) is 5.63. The molecule has 0 unspecified atom stereocenters. The van der Waals surface area contributed by atoms with Gasteiger partial charge in [0.2, 0.25) is 5.91 Å². The van der Waals surface area contributed by atoms with E-state index in [1.54, 1.807) is 55.8 Å². The van der Waals surface area contributed by atoms with Gasteiger partial charge in [-0.3, -0.25) is 19.5 Å². The summed E-state index contributed by atoms with van der Waals surface area (Å²) in [6.07, 6.45) is 1.59. The minimum atomic E-state index is -0.484. The van der Waals surface area contributed by atoms with Crippen molar-refractivity contribution < 1.29 is 18.7 Å². The Bertz CT molecular complexity index is 1240. The number of halogens is 1. The highest BCUT2D eigenvalue weighted by Gasteiger charge is 2.18. The standard InChI is InChI=1S/C23H19ClN4O4S/c1-31-18-10-6-16(7-11-18)22(30)25-20(29)14-33-23-27-26-21(15-4-8-17(24)9-5-15)28(23)13-19-3-2-12-32-19/h2-12H,13-14H2,1H3,(H,25,29,30). The Morgan fingerprint density at radius 1 is 1.09 bits per heavy atom. The number of furan rings is 1. The number of aromatic nitrogens is 3. The molecule has 2 heterocycles. The van der Waals surface area contributed by atoms with Gasteiger partial charge in [0.25, 0.3) is 5.91 Å². The Morgan fingerprint density at radius 3 is 2.52 bits per heavy atom. The van der Waals surface area contributed by atoms with Crippen LogP contribution in [-0.4, -0.2) is 39.4 Å². The number of carbonyl (C=O) groups excluding carboxylic acids is 2. The molecule has 0 aliphatic rings. The molecule has 0 aliphatic heterocycles. The first-order valence-electron chi connectivity index (χ1n) is 9.86. The fraction of sp³-hybridized carbons (Fsp3) is 0.130. The number of methoxy groups -OCH3 is 1. The van der Waals surface area contributed by atoms with Gasteiger partial charge in [0, 0.05) is 16.1 Å². The van der Waals surface area contributed by atoms with Gasteiger partial charge in [-0.25, -0.2) is 0 Å². The Hall–Kier alpha value is -3.56. The van der Waals surface area contributed by atoms with Crippen LogP contribution in [0.25, 0.3) is 11.4 Å². The van der Waals surface area contributed by atoms with Crippen molar-refractivity contribution >= 4 is 35.2 Å². The van der Waals surface area contributed by atoms with Crippen molar-refractivity contribution in [1.82, 2.24) is 20.1 Å². The van der Waals surface area contributed by atoms with Crippen LogP contribution in [0.1, 0.15) is 16.1 Å². The highest BCUT2D eigenvalue weighted by Crippen LogP contribution is 2.26. The van der Waals surface area contributed by atoms with Gasteiger partial charge in [-0.05, 0) is 60.7 Å². The summed E-state index contributed by atoms with van der Waals surface area (Å²) in [7, 11) is 1.54. The van der Waals surface area contributed by atoms with Gasteiger partial charge in [-0.2, -0.15) is 0 Å².